The predicted octanol–water partition coefficient (Wildman–Crippen LogP) is 3.49. The Labute approximate surface area is 101 Å². The molecular formula is C13H16N2O2. The Morgan fingerprint density at radius 2 is 2.06 bits per heavy atom. The number of allylic oxidation sites excluding steroid dienone is 2. The Hall–Kier alpha value is -1.84. The summed E-state index contributed by atoms with van der Waals surface area (Å²) in [5.41, 5.74) is 2.50. The van der Waals surface area contributed by atoms with Crippen LogP contribution in [-0.4, -0.2) is 11.5 Å². The van der Waals surface area contributed by atoms with Crippen molar-refractivity contribution in [2.75, 3.05) is 11.4 Å². The van der Waals surface area contributed by atoms with E-state index in [0.717, 1.165) is 31.5 Å². The molecular weight excluding hydrogens is 216 g/mol. The molecule has 4 heteroatoms. The number of hydrogen-bond donors (Lipinski definition) is 0. The summed E-state index contributed by atoms with van der Waals surface area (Å²) in [6.07, 6.45) is 5.52. The van der Waals surface area contributed by atoms with Gasteiger partial charge in [0.15, 0.2) is 0 Å². The Balaban J connectivity index is 2.24. The minimum Gasteiger partial charge on any atom is -0.345 e. The van der Waals surface area contributed by atoms with Crippen molar-refractivity contribution < 1.29 is 4.92 Å². The summed E-state index contributed by atoms with van der Waals surface area (Å²) in [5, 5.41) is 10.6. The highest BCUT2D eigenvalue weighted by molar-refractivity contribution is 5.55. The molecule has 1 aliphatic rings. The molecule has 90 valence electrons. The fourth-order valence-corrected chi connectivity index (χ4v) is 2.16. The molecule has 2 rings (SSSR count). The minimum absolute atomic E-state index is 0.146. The highest BCUT2D eigenvalue weighted by Gasteiger charge is 2.14. The van der Waals surface area contributed by atoms with E-state index in [4.69, 9.17) is 0 Å². The molecule has 0 aliphatic carbocycles. The van der Waals surface area contributed by atoms with Gasteiger partial charge in [-0.2, -0.15) is 0 Å². The molecule has 1 aliphatic heterocycles. The number of nitro groups is 1. The van der Waals surface area contributed by atoms with E-state index in [2.05, 4.69) is 17.9 Å². The van der Waals surface area contributed by atoms with Gasteiger partial charge in [0.05, 0.1) is 4.92 Å². The molecule has 0 atom stereocenters. The van der Waals surface area contributed by atoms with E-state index in [1.54, 1.807) is 12.1 Å². The maximum Gasteiger partial charge on any atom is 0.269 e. The minimum atomic E-state index is -0.365. The lowest BCUT2D eigenvalue weighted by Crippen LogP contribution is -2.26. The van der Waals surface area contributed by atoms with Crippen LogP contribution in [0.15, 0.2) is 36.0 Å². The van der Waals surface area contributed by atoms with E-state index in [1.807, 2.05) is 12.1 Å². The van der Waals surface area contributed by atoms with Crippen molar-refractivity contribution in [1.29, 1.82) is 0 Å². The van der Waals surface area contributed by atoms with Crippen molar-refractivity contribution in [3.63, 3.8) is 0 Å². The number of non-ortho nitro benzene ring substituents is 1. The normalized spacial score (nSPS) is 15.6. The second-order valence-electron chi connectivity index (χ2n) is 4.12. The zero-order valence-corrected chi connectivity index (χ0v) is 9.93. The molecule has 17 heavy (non-hydrogen) atoms. The second kappa shape index (κ2) is 4.99. The summed E-state index contributed by atoms with van der Waals surface area (Å²) in [6.45, 7) is 3.13. The smallest absolute Gasteiger partial charge is 0.269 e. The van der Waals surface area contributed by atoms with Crippen LogP contribution in [0, 0.1) is 10.1 Å². The fraction of sp³-hybridized carbons (Fsp3) is 0.385. The largest absolute Gasteiger partial charge is 0.345 e. The summed E-state index contributed by atoms with van der Waals surface area (Å²) in [6, 6.07) is 6.79. The van der Waals surface area contributed by atoms with E-state index >= 15 is 0 Å². The molecule has 0 unspecified atom stereocenters. The van der Waals surface area contributed by atoms with Gasteiger partial charge in [0.2, 0.25) is 0 Å². The third kappa shape index (κ3) is 2.46. The van der Waals surface area contributed by atoms with Gasteiger partial charge in [-0.05, 0) is 31.4 Å². The van der Waals surface area contributed by atoms with Crippen molar-refractivity contribution >= 4 is 11.4 Å². The Bertz CT molecular complexity index is 437. The average Bonchev–Trinajstić information content (AvgIpc) is 2.39. The Kier molecular flexibility index (Phi) is 3.42. The number of hydrogen-bond acceptors (Lipinski definition) is 3. The van der Waals surface area contributed by atoms with Gasteiger partial charge in [0.1, 0.15) is 0 Å². The predicted molar refractivity (Wildman–Crippen MR) is 68.1 cm³/mol. The van der Waals surface area contributed by atoms with Crippen LogP contribution in [0.1, 0.15) is 26.2 Å². The summed E-state index contributed by atoms with van der Waals surface area (Å²) in [4.78, 5) is 12.5. The summed E-state index contributed by atoms with van der Waals surface area (Å²) in [5.74, 6) is 0. The SMILES string of the molecule is CCC1=CCCCN1c1ccc([N+](=O)[O-])cc1. The quantitative estimate of drug-likeness (QED) is 0.592. The first-order valence-electron chi connectivity index (χ1n) is 5.93. The zero-order chi connectivity index (χ0) is 12.3. The standard InChI is InChI=1S/C13H16N2O2/c1-2-11-5-3-4-10-14(11)12-6-8-13(9-7-12)15(16)17/h5-9H,2-4,10H2,1H3. The molecule has 0 saturated carbocycles. The van der Waals surface area contributed by atoms with Crippen LogP contribution in [0.4, 0.5) is 11.4 Å². The molecule has 1 aromatic carbocycles. The molecule has 1 heterocycles. The third-order valence-electron chi connectivity index (χ3n) is 3.05. The van der Waals surface area contributed by atoms with Crippen LogP contribution in [0.3, 0.4) is 0 Å². The van der Waals surface area contributed by atoms with Gasteiger partial charge in [-0.25, -0.2) is 0 Å². The van der Waals surface area contributed by atoms with Crippen molar-refractivity contribution in [3.8, 4) is 0 Å². The van der Waals surface area contributed by atoms with Crippen LogP contribution in [0.5, 0.6) is 0 Å². The van der Waals surface area contributed by atoms with E-state index in [1.165, 1.54) is 5.70 Å². The van der Waals surface area contributed by atoms with Gasteiger partial charge in [0, 0.05) is 30.1 Å². The first kappa shape index (κ1) is 11.6. The number of benzene rings is 1. The maximum absolute atomic E-state index is 10.6. The molecule has 0 spiro atoms. The second-order valence-corrected chi connectivity index (χ2v) is 4.12. The highest BCUT2D eigenvalue weighted by Crippen LogP contribution is 2.27. The van der Waals surface area contributed by atoms with E-state index in [0.29, 0.717) is 0 Å². The summed E-state index contributed by atoms with van der Waals surface area (Å²) in [7, 11) is 0. The lowest BCUT2D eigenvalue weighted by molar-refractivity contribution is -0.384. The number of rotatable bonds is 3. The van der Waals surface area contributed by atoms with E-state index < -0.39 is 0 Å². The van der Waals surface area contributed by atoms with Crippen LogP contribution >= 0.6 is 0 Å². The van der Waals surface area contributed by atoms with Crippen LogP contribution < -0.4 is 4.90 Å². The van der Waals surface area contributed by atoms with Gasteiger partial charge in [0.25, 0.3) is 5.69 Å². The lowest BCUT2D eigenvalue weighted by atomic mass is 10.1. The lowest BCUT2D eigenvalue weighted by Gasteiger charge is -2.30. The molecule has 0 amide bonds. The molecule has 0 N–H and O–H groups in total. The molecule has 0 fully saturated rings. The average molecular weight is 232 g/mol. The Morgan fingerprint density at radius 1 is 1.35 bits per heavy atom. The molecule has 0 bridgehead atoms. The van der Waals surface area contributed by atoms with Gasteiger partial charge in [-0.1, -0.05) is 13.0 Å². The molecule has 1 aromatic rings. The van der Waals surface area contributed by atoms with Crippen LogP contribution in [-0.2, 0) is 0 Å². The van der Waals surface area contributed by atoms with E-state index in [9.17, 15) is 10.1 Å². The number of anilines is 1. The number of nitro benzene ring substituents is 1. The first-order valence-corrected chi connectivity index (χ1v) is 5.93. The van der Waals surface area contributed by atoms with Crippen LogP contribution in [0.25, 0.3) is 0 Å². The van der Waals surface area contributed by atoms with Crippen molar-refractivity contribution in [2.45, 2.75) is 26.2 Å². The monoisotopic (exact) mass is 232 g/mol. The zero-order valence-electron chi connectivity index (χ0n) is 9.93. The van der Waals surface area contributed by atoms with E-state index in [-0.39, 0.29) is 10.6 Å². The summed E-state index contributed by atoms with van der Waals surface area (Å²) < 4.78 is 0. The summed E-state index contributed by atoms with van der Waals surface area (Å²) >= 11 is 0. The van der Waals surface area contributed by atoms with Crippen molar-refractivity contribution in [3.05, 3.63) is 46.2 Å². The number of nitrogens with zero attached hydrogens (tertiary/aromatic N) is 2. The van der Waals surface area contributed by atoms with Gasteiger partial charge in [-0.3, -0.25) is 10.1 Å². The maximum atomic E-state index is 10.6. The van der Waals surface area contributed by atoms with Gasteiger partial charge < -0.3 is 4.90 Å². The Morgan fingerprint density at radius 3 is 2.65 bits per heavy atom. The first-order chi connectivity index (χ1) is 8.22. The van der Waals surface area contributed by atoms with Crippen molar-refractivity contribution in [1.82, 2.24) is 0 Å². The molecule has 4 nitrogen and oxygen atoms in total. The third-order valence-corrected chi connectivity index (χ3v) is 3.05. The van der Waals surface area contributed by atoms with Crippen LogP contribution in [0.2, 0.25) is 0 Å². The topological polar surface area (TPSA) is 46.4 Å². The molecule has 0 saturated heterocycles. The molecule has 0 radical (unpaired) electrons. The van der Waals surface area contributed by atoms with Crippen molar-refractivity contribution in [2.24, 2.45) is 0 Å². The molecule has 0 aromatic heterocycles. The van der Waals surface area contributed by atoms with Gasteiger partial charge in [-0.15, -0.1) is 0 Å². The fourth-order valence-electron chi connectivity index (χ4n) is 2.16. The highest BCUT2D eigenvalue weighted by atomic mass is 16.6. The van der Waals surface area contributed by atoms with Gasteiger partial charge >= 0.3 is 0 Å².